The summed E-state index contributed by atoms with van der Waals surface area (Å²) in [6, 6.07) is 13.7. The van der Waals surface area contributed by atoms with Gasteiger partial charge in [0.05, 0.1) is 11.3 Å². The van der Waals surface area contributed by atoms with Crippen LogP contribution in [0, 0.1) is 23.5 Å². The zero-order valence-electron chi connectivity index (χ0n) is 18.3. The van der Waals surface area contributed by atoms with Crippen molar-refractivity contribution in [2.75, 3.05) is 4.72 Å². The first-order chi connectivity index (χ1) is 17.3. The first-order valence-electron chi connectivity index (χ1n) is 10.5. The molecule has 0 spiro atoms. The van der Waals surface area contributed by atoms with Crippen LogP contribution in [0.3, 0.4) is 0 Å². The standard InChI is InChI=1S/C26H15ClF2N4O2S/c27-18-6-4-17(5-7-18)22-15-32-26-21(22)12-16(13-31-26)3-8-20-23(28)9-10-24(25(20)29)33-36(34,35)19-2-1-11-30-14-19/h1-2,4-7,9-15,33H,(H,31,32). The van der Waals surface area contributed by atoms with Crippen LogP contribution in [-0.2, 0) is 10.0 Å². The van der Waals surface area contributed by atoms with E-state index in [9.17, 15) is 12.8 Å². The minimum atomic E-state index is -4.13. The Kier molecular flexibility index (Phi) is 6.14. The summed E-state index contributed by atoms with van der Waals surface area (Å²) in [5, 5.41) is 1.38. The van der Waals surface area contributed by atoms with Crippen molar-refractivity contribution in [1.29, 1.82) is 0 Å². The van der Waals surface area contributed by atoms with Gasteiger partial charge in [-0.1, -0.05) is 35.6 Å². The zero-order valence-corrected chi connectivity index (χ0v) is 19.8. The number of nitrogens with one attached hydrogen (secondary N) is 2. The number of halogens is 3. The fraction of sp³-hybridized carbons (Fsp3) is 0. The molecule has 6 nitrogen and oxygen atoms in total. The third-order valence-corrected chi connectivity index (χ3v) is 6.90. The fourth-order valence-corrected chi connectivity index (χ4v) is 4.68. The highest BCUT2D eigenvalue weighted by atomic mass is 35.5. The quantitative estimate of drug-likeness (QED) is 0.295. The zero-order chi connectivity index (χ0) is 25.3. The summed E-state index contributed by atoms with van der Waals surface area (Å²) in [4.78, 5) is 11.0. The minimum Gasteiger partial charge on any atom is -0.346 e. The number of H-pyrrole nitrogens is 1. The molecule has 5 aromatic rings. The van der Waals surface area contributed by atoms with Crippen molar-refractivity contribution in [3.8, 4) is 23.0 Å². The van der Waals surface area contributed by atoms with Gasteiger partial charge in [-0.15, -0.1) is 0 Å². The van der Waals surface area contributed by atoms with Crippen LogP contribution in [0.2, 0.25) is 5.02 Å². The lowest BCUT2D eigenvalue weighted by atomic mass is 10.1. The number of nitrogens with zero attached hydrogens (tertiary/aromatic N) is 2. The molecule has 0 amide bonds. The Bertz CT molecular complexity index is 1760. The number of fused-ring (bicyclic) bond motifs is 1. The maximum atomic E-state index is 15.1. The minimum absolute atomic E-state index is 0.163. The molecule has 0 aliphatic heterocycles. The molecule has 36 heavy (non-hydrogen) atoms. The molecule has 0 saturated heterocycles. The molecule has 0 bridgehead atoms. The molecule has 10 heteroatoms. The lowest BCUT2D eigenvalue weighted by Gasteiger charge is -2.10. The van der Waals surface area contributed by atoms with Crippen LogP contribution >= 0.6 is 11.6 Å². The van der Waals surface area contributed by atoms with Gasteiger partial charge in [0.2, 0.25) is 0 Å². The summed E-state index contributed by atoms with van der Waals surface area (Å²) < 4.78 is 56.7. The molecule has 0 aliphatic carbocycles. The second-order valence-corrected chi connectivity index (χ2v) is 9.78. The highest BCUT2D eigenvalue weighted by Crippen LogP contribution is 2.29. The number of hydrogen-bond donors (Lipinski definition) is 2. The normalized spacial score (nSPS) is 11.2. The van der Waals surface area contributed by atoms with Crippen LogP contribution in [0.15, 0.2) is 84.3 Å². The van der Waals surface area contributed by atoms with Crippen LogP contribution in [0.4, 0.5) is 14.5 Å². The van der Waals surface area contributed by atoms with E-state index in [1.54, 1.807) is 24.4 Å². The molecule has 0 radical (unpaired) electrons. The average Bonchev–Trinajstić information content (AvgIpc) is 3.30. The Balaban J connectivity index is 1.49. The molecule has 0 fully saturated rings. The number of aromatic amines is 1. The van der Waals surface area contributed by atoms with Crippen LogP contribution in [-0.4, -0.2) is 23.4 Å². The van der Waals surface area contributed by atoms with Crippen molar-refractivity contribution in [1.82, 2.24) is 15.0 Å². The lowest BCUT2D eigenvalue weighted by Crippen LogP contribution is -2.14. The highest BCUT2D eigenvalue weighted by molar-refractivity contribution is 7.92. The number of pyridine rings is 2. The summed E-state index contributed by atoms with van der Waals surface area (Å²) in [7, 11) is -4.13. The van der Waals surface area contributed by atoms with Gasteiger partial charge in [-0.3, -0.25) is 9.71 Å². The van der Waals surface area contributed by atoms with Gasteiger partial charge < -0.3 is 4.98 Å². The molecule has 5 rings (SSSR count). The molecule has 3 aromatic heterocycles. The van der Waals surface area contributed by atoms with Crippen molar-refractivity contribution in [2.24, 2.45) is 0 Å². The maximum absolute atomic E-state index is 15.1. The van der Waals surface area contributed by atoms with Crippen molar-refractivity contribution >= 4 is 38.3 Å². The predicted molar refractivity (Wildman–Crippen MR) is 134 cm³/mol. The maximum Gasteiger partial charge on any atom is 0.263 e. The van der Waals surface area contributed by atoms with Crippen molar-refractivity contribution in [3.05, 3.63) is 107 Å². The van der Waals surface area contributed by atoms with Crippen molar-refractivity contribution in [3.63, 3.8) is 0 Å². The predicted octanol–water partition coefficient (Wildman–Crippen LogP) is 5.76. The van der Waals surface area contributed by atoms with E-state index >= 15 is 4.39 Å². The van der Waals surface area contributed by atoms with Crippen LogP contribution in [0.5, 0.6) is 0 Å². The largest absolute Gasteiger partial charge is 0.346 e. The second-order valence-electron chi connectivity index (χ2n) is 7.66. The van der Waals surface area contributed by atoms with Gasteiger partial charge >= 0.3 is 0 Å². The van der Waals surface area contributed by atoms with Crippen LogP contribution in [0.1, 0.15) is 11.1 Å². The topological polar surface area (TPSA) is 87.7 Å². The summed E-state index contributed by atoms with van der Waals surface area (Å²) >= 11 is 5.98. The molecule has 0 unspecified atom stereocenters. The van der Waals surface area contributed by atoms with E-state index in [-0.39, 0.29) is 4.90 Å². The molecule has 0 saturated carbocycles. The van der Waals surface area contributed by atoms with Gasteiger partial charge in [-0.05, 0) is 48.0 Å². The van der Waals surface area contributed by atoms with E-state index in [2.05, 4.69) is 31.5 Å². The summed E-state index contributed by atoms with van der Waals surface area (Å²) in [5.41, 5.74) is 1.79. The van der Waals surface area contributed by atoms with Gasteiger partial charge in [0.15, 0.2) is 5.82 Å². The average molecular weight is 521 g/mol. The molecule has 3 heterocycles. The van der Waals surface area contributed by atoms with E-state index < -0.39 is 32.9 Å². The highest BCUT2D eigenvalue weighted by Gasteiger charge is 2.19. The molecule has 2 aromatic carbocycles. The third-order valence-electron chi connectivity index (χ3n) is 5.30. The van der Waals surface area contributed by atoms with E-state index in [1.165, 1.54) is 24.5 Å². The molecule has 178 valence electrons. The number of hydrogen-bond acceptors (Lipinski definition) is 4. The number of rotatable bonds is 4. The molecule has 0 atom stereocenters. The monoisotopic (exact) mass is 520 g/mol. The van der Waals surface area contributed by atoms with E-state index in [0.29, 0.717) is 16.2 Å². The molecule has 2 N–H and O–H groups in total. The number of anilines is 1. The van der Waals surface area contributed by atoms with Gasteiger partial charge in [0, 0.05) is 46.3 Å². The van der Waals surface area contributed by atoms with E-state index in [1.807, 2.05) is 12.1 Å². The summed E-state index contributed by atoms with van der Waals surface area (Å²) in [6.45, 7) is 0. The lowest BCUT2D eigenvalue weighted by molar-refractivity contribution is 0.578. The second kappa shape index (κ2) is 9.41. The van der Waals surface area contributed by atoms with E-state index in [4.69, 9.17) is 11.6 Å². The Labute approximate surface area is 210 Å². The first kappa shape index (κ1) is 23.5. The Morgan fingerprint density at radius 3 is 2.56 bits per heavy atom. The van der Waals surface area contributed by atoms with Gasteiger partial charge in [0.1, 0.15) is 16.4 Å². The first-order valence-corrected chi connectivity index (χ1v) is 12.3. The van der Waals surface area contributed by atoms with Crippen molar-refractivity contribution < 1.29 is 17.2 Å². The Hall–Kier alpha value is -4.26. The van der Waals surface area contributed by atoms with Gasteiger partial charge in [0.25, 0.3) is 10.0 Å². The molecular formula is C26H15ClF2N4O2S. The van der Waals surface area contributed by atoms with Crippen molar-refractivity contribution in [2.45, 2.75) is 4.90 Å². The summed E-state index contributed by atoms with van der Waals surface area (Å²) in [5.74, 6) is 3.13. The van der Waals surface area contributed by atoms with E-state index in [0.717, 1.165) is 34.8 Å². The van der Waals surface area contributed by atoms with Gasteiger partial charge in [-0.2, -0.15) is 0 Å². The Morgan fingerprint density at radius 1 is 1.00 bits per heavy atom. The number of aromatic nitrogens is 3. The molecular weight excluding hydrogens is 506 g/mol. The fourth-order valence-electron chi connectivity index (χ4n) is 3.53. The van der Waals surface area contributed by atoms with Gasteiger partial charge in [-0.25, -0.2) is 22.2 Å². The van der Waals surface area contributed by atoms with Crippen LogP contribution < -0.4 is 4.72 Å². The number of sulfonamides is 1. The Morgan fingerprint density at radius 2 is 1.81 bits per heavy atom. The number of benzene rings is 2. The summed E-state index contributed by atoms with van der Waals surface area (Å²) in [6.07, 6.45) is 5.80. The molecule has 0 aliphatic rings. The van der Waals surface area contributed by atoms with Crippen LogP contribution in [0.25, 0.3) is 22.2 Å². The smallest absolute Gasteiger partial charge is 0.263 e. The SMILES string of the molecule is O=S(=O)(Nc1ccc(F)c(C#Cc2cnc3[nH]cc(-c4ccc(Cl)cc4)c3c2)c1F)c1cccnc1. The third kappa shape index (κ3) is 4.64.